The fraction of sp³-hybridized carbons (Fsp3) is 0.211. The van der Waals surface area contributed by atoms with Gasteiger partial charge in [-0.3, -0.25) is 0 Å². The average Bonchev–Trinajstić information content (AvgIpc) is 2.85. The quantitative estimate of drug-likeness (QED) is 0.713. The van der Waals surface area contributed by atoms with Crippen molar-refractivity contribution in [3.8, 4) is 0 Å². The van der Waals surface area contributed by atoms with E-state index < -0.39 is 0 Å². The van der Waals surface area contributed by atoms with Gasteiger partial charge in [-0.2, -0.15) is 0 Å². The Balaban J connectivity index is 1.79. The second kappa shape index (κ2) is 4.59. The van der Waals surface area contributed by atoms with E-state index in [1.807, 2.05) is 0 Å². The van der Waals surface area contributed by atoms with Crippen LogP contribution in [0.3, 0.4) is 0 Å². The van der Waals surface area contributed by atoms with Crippen molar-refractivity contribution in [2.75, 3.05) is 7.05 Å². The van der Waals surface area contributed by atoms with Crippen molar-refractivity contribution in [3.63, 3.8) is 0 Å². The molecule has 2 unspecified atom stereocenters. The first-order valence-electron chi connectivity index (χ1n) is 7.45. The summed E-state index contributed by atoms with van der Waals surface area (Å²) in [5.74, 6) is 0.488. The molecule has 0 aromatic heterocycles. The monoisotopic (exact) mass is 275 g/mol. The largest absolute Gasteiger partial charge is 0.244 e. The van der Waals surface area contributed by atoms with E-state index in [0.29, 0.717) is 12.0 Å². The molecule has 2 heteroatoms. The molecule has 0 bridgehead atoms. The molecule has 0 saturated carbocycles. The summed E-state index contributed by atoms with van der Waals surface area (Å²) in [6.07, 6.45) is 15.8. The molecule has 2 atom stereocenters. The number of rotatable bonds is 1. The molecular weight excluding hydrogens is 256 g/mol. The lowest BCUT2D eigenvalue weighted by Gasteiger charge is -2.24. The van der Waals surface area contributed by atoms with Crippen molar-refractivity contribution < 1.29 is 4.58 Å². The number of hydrogen-bond acceptors (Lipinski definition) is 1. The summed E-state index contributed by atoms with van der Waals surface area (Å²) in [7, 11) is 2.13. The molecule has 2 heterocycles. The van der Waals surface area contributed by atoms with Crippen LogP contribution in [0, 0.1) is 12.8 Å². The van der Waals surface area contributed by atoms with Crippen LogP contribution in [0.1, 0.15) is 11.1 Å². The maximum atomic E-state index is 2.37. The van der Waals surface area contributed by atoms with Gasteiger partial charge in [-0.1, -0.05) is 42.5 Å². The predicted octanol–water partition coefficient (Wildman–Crippen LogP) is 3.33. The van der Waals surface area contributed by atoms with Crippen molar-refractivity contribution in [3.05, 3.63) is 77.5 Å². The smallest absolute Gasteiger partial charge is 0.236 e. The van der Waals surface area contributed by atoms with E-state index >= 15 is 0 Å². The van der Waals surface area contributed by atoms with Gasteiger partial charge in [-0.15, -0.1) is 0 Å². The molecule has 3 aliphatic rings. The second-order valence-electron chi connectivity index (χ2n) is 5.91. The van der Waals surface area contributed by atoms with Crippen LogP contribution >= 0.6 is 0 Å². The molecule has 21 heavy (non-hydrogen) atoms. The van der Waals surface area contributed by atoms with Crippen molar-refractivity contribution in [1.82, 2.24) is 4.90 Å². The molecule has 2 nitrogen and oxygen atoms in total. The first-order chi connectivity index (χ1) is 10.2. The molecule has 0 N–H and O–H groups in total. The molecular formula is C19H19N2+. The van der Waals surface area contributed by atoms with Crippen molar-refractivity contribution in [2.45, 2.75) is 13.0 Å². The molecule has 0 spiro atoms. The number of nitrogens with zero attached hydrogens (tertiary/aromatic N) is 2. The topological polar surface area (TPSA) is 6.25 Å². The number of benzene rings is 1. The van der Waals surface area contributed by atoms with Crippen LogP contribution < -0.4 is 0 Å². The Labute approximate surface area is 125 Å². The zero-order valence-electron chi connectivity index (χ0n) is 12.4. The van der Waals surface area contributed by atoms with Gasteiger partial charge in [-0.05, 0) is 24.6 Å². The Hall–Kier alpha value is -2.35. The summed E-state index contributed by atoms with van der Waals surface area (Å²) < 4.78 is 2.23. The SMILES string of the molecule is Cc1ccccc1C1=CC2=CC3C=CC=CC3N2C=[N+]1C. The molecule has 2 aliphatic heterocycles. The Morgan fingerprint density at radius 2 is 1.90 bits per heavy atom. The molecule has 104 valence electrons. The normalized spacial score (nSPS) is 26.0. The van der Waals surface area contributed by atoms with Crippen molar-refractivity contribution >= 4 is 12.0 Å². The number of hydrogen-bond donors (Lipinski definition) is 0. The highest BCUT2D eigenvalue weighted by molar-refractivity contribution is 5.73. The van der Waals surface area contributed by atoms with Crippen LogP contribution in [0.4, 0.5) is 0 Å². The van der Waals surface area contributed by atoms with Gasteiger partial charge in [0.25, 0.3) is 0 Å². The van der Waals surface area contributed by atoms with Gasteiger partial charge in [0.05, 0.1) is 7.05 Å². The maximum absolute atomic E-state index is 2.37. The van der Waals surface area contributed by atoms with E-state index in [2.05, 4.69) is 90.5 Å². The first-order valence-corrected chi connectivity index (χ1v) is 7.45. The Morgan fingerprint density at radius 1 is 1.10 bits per heavy atom. The fourth-order valence-corrected chi connectivity index (χ4v) is 3.39. The Morgan fingerprint density at radius 3 is 2.76 bits per heavy atom. The van der Waals surface area contributed by atoms with Crippen LogP contribution in [0.5, 0.6) is 0 Å². The van der Waals surface area contributed by atoms with E-state index in [1.54, 1.807) is 0 Å². The lowest BCUT2D eigenvalue weighted by Crippen LogP contribution is -2.36. The third-order valence-electron chi connectivity index (χ3n) is 4.51. The minimum atomic E-state index is 0.433. The summed E-state index contributed by atoms with van der Waals surface area (Å²) in [4.78, 5) is 2.37. The third kappa shape index (κ3) is 1.90. The molecule has 1 aliphatic carbocycles. The van der Waals surface area contributed by atoms with Gasteiger partial charge < -0.3 is 0 Å². The van der Waals surface area contributed by atoms with E-state index in [0.717, 1.165) is 0 Å². The third-order valence-corrected chi connectivity index (χ3v) is 4.51. The first kappa shape index (κ1) is 12.4. The number of aryl methyl sites for hydroxylation is 1. The zero-order chi connectivity index (χ0) is 14.4. The lowest BCUT2D eigenvalue weighted by molar-refractivity contribution is -0.397. The van der Waals surface area contributed by atoms with E-state index in [9.17, 15) is 0 Å². The molecule has 0 radical (unpaired) electrons. The number of fused-ring (bicyclic) bond motifs is 3. The fourth-order valence-electron chi connectivity index (χ4n) is 3.39. The molecule has 0 amide bonds. The molecule has 0 fully saturated rings. The molecule has 1 aromatic carbocycles. The highest BCUT2D eigenvalue weighted by Gasteiger charge is 2.39. The molecule has 0 saturated heterocycles. The van der Waals surface area contributed by atoms with Gasteiger partial charge in [0.2, 0.25) is 6.34 Å². The number of allylic oxidation sites excluding steroid dienone is 3. The maximum Gasteiger partial charge on any atom is 0.244 e. The van der Waals surface area contributed by atoms with Crippen molar-refractivity contribution in [1.29, 1.82) is 0 Å². The van der Waals surface area contributed by atoms with Gasteiger partial charge in [0.1, 0.15) is 17.4 Å². The second-order valence-corrected chi connectivity index (χ2v) is 5.91. The van der Waals surface area contributed by atoms with Crippen LogP contribution in [0.15, 0.2) is 66.4 Å². The van der Waals surface area contributed by atoms with E-state index in [1.165, 1.54) is 22.5 Å². The van der Waals surface area contributed by atoms with Gasteiger partial charge in [0, 0.05) is 17.6 Å². The van der Waals surface area contributed by atoms with Crippen LogP contribution in [-0.2, 0) is 0 Å². The van der Waals surface area contributed by atoms with Crippen LogP contribution in [0.2, 0.25) is 0 Å². The van der Waals surface area contributed by atoms with E-state index in [-0.39, 0.29) is 0 Å². The van der Waals surface area contributed by atoms with Gasteiger partial charge in [-0.25, -0.2) is 9.48 Å². The highest BCUT2D eigenvalue weighted by atomic mass is 15.3. The van der Waals surface area contributed by atoms with Gasteiger partial charge >= 0.3 is 0 Å². The lowest BCUT2D eigenvalue weighted by atomic mass is 9.97. The summed E-state index contributed by atoms with van der Waals surface area (Å²) in [6, 6.07) is 9.01. The minimum Gasteiger partial charge on any atom is -0.236 e. The standard InChI is InChI=1S/C19H19N2/c1-14-7-3-5-9-17(14)19-12-16-11-15-8-4-6-10-18(15)21(16)13-20(19)2/h3-13,15,18H,1-2H3/q+1. The Kier molecular flexibility index (Phi) is 2.71. The van der Waals surface area contributed by atoms with Crippen LogP contribution in [-0.4, -0.2) is 28.9 Å². The van der Waals surface area contributed by atoms with E-state index in [4.69, 9.17) is 0 Å². The highest BCUT2D eigenvalue weighted by Crippen LogP contribution is 2.35. The molecule has 4 rings (SSSR count). The summed E-state index contributed by atoms with van der Waals surface area (Å²) >= 11 is 0. The minimum absolute atomic E-state index is 0.433. The average molecular weight is 275 g/mol. The van der Waals surface area contributed by atoms with Crippen LogP contribution in [0.25, 0.3) is 5.70 Å². The predicted molar refractivity (Wildman–Crippen MR) is 86.9 cm³/mol. The Bertz CT molecular complexity index is 747. The van der Waals surface area contributed by atoms with Gasteiger partial charge in [0.15, 0.2) is 0 Å². The summed E-state index contributed by atoms with van der Waals surface area (Å²) in [6.45, 7) is 2.17. The van der Waals surface area contributed by atoms with Crippen molar-refractivity contribution in [2.24, 2.45) is 5.92 Å². The zero-order valence-corrected chi connectivity index (χ0v) is 12.4. The summed E-state index contributed by atoms with van der Waals surface area (Å²) in [5, 5.41) is 0. The molecule has 1 aromatic rings. The summed E-state index contributed by atoms with van der Waals surface area (Å²) in [5.41, 5.74) is 5.19.